The Balaban J connectivity index is 2.40. The maximum atomic E-state index is 13.0. The van der Waals surface area contributed by atoms with Crippen molar-refractivity contribution in [2.45, 2.75) is 6.61 Å². The zero-order valence-corrected chi connectivity index (χ0v) is 9.12. The average Bonchev–Trinajstić information content (AvgIpc) is 2.70. The third-order valence-electron chi connectivity index (χ3n) is 1.86. The van der Waals surface area contributed by atoms with Crippen molar-refractivity contribution in [3.63, 3.8) is 0 Å². The number of aromatic amines is 1. The van der Waals surface area contributed by atoms with Crippen molar-refractivity contribution in [2.24, 2.45) is 0 Å². The van der Waals surface area contributed by atoms with E-state index in [9.17, 15) is 4.39 Å². The first-order chi connectivity index (χ1) is 7.20. The van der Waals surface area contributed by atoms with E-state index in [2.05, 4.69) is 31.1 Å². The first kappa shape index (κ1) is 10.3. The van der Waals surface area contributed by atoms with Gasteiger partial charge in [0.15, 0.2) is 11.6 Å². The molecule has 15 heavy (non-hydrogen) atoms. The highest BCUT2D eigenvalue weighted by Crippen LogP contribution is 2.22. The fourth-order valence-electron chi connectivity index (χ4n) is 1.13. The number of H-pyrrole nitrogens is 1. The van der Waals surface area contributed by atoms with Crippen molar-refractivity contribution in [3.8, 4) is 11.4 Å². The number of hydrogen-bond acceptors (Lipinski definition) is 3. The van der Waals surface area contributed by atoms with Crippen LogP contribution in [-0.4, -0.2) is 20.3 Å². The Morgan fingerprint density at radius 1 is 1.47 bits per heavy atom. The molecule has 2 N–H and O–H groups in total. The van der Waals surface area contributed by atoms with Crippen LogP contribution in [0, 0.1) is 5.82 Å². The van der Waals surface area contributed by atoms with E-state index in [-0.39, 0.29) is 12.4 Å². The molecule has 0 spiro atoms. The number of nitrogens with zero attached hydrogens (tertiary/aromatic N) is 2. The fourth-order valence-corrected chi connectivity index (χ4v) is 1.51. The zero-order valence-electron chi connectivity index (χ0n) is 7.54. The summed E-state index contributed by atoms with van der Waals surface area (Å²) in [4.78, 5) is 4.01. The summed E-state index contributed by atoms with van der Waals surface area (Å²) >= 11 is 3.08. The fraction of sp³-hybridized carbons (Fsp3) is 0.111. The monoisotopic (exact) mass is 271 g/mol. The van der Waals surface area contributed by atoms with Gasteiger partial charge >= 0.3 is 0 Å². The molecule has 0 saturated carbocycles. The van der Waals surface area contributed by atoms with Gasteiger partial charge in [-0.3, -0.25) is 5.10 Å². The van der Waals surface area contributed by atoms with Gasteiger partial charge in [0.05, 0.1) is 4.47 Å². The van der Waals surface area contributed by atoms with Gasteiger partial charge in [-0.15, -0.1) is 0 Å². The lowest BCUT2D eigenvalue weighted by atomic mass is 10.2. The van der Waals surface area contributed by atoms with Crippen molar-refractivity contribution in [1.29, 1.82) is 0 Å². The highest BCUT2D eigenvalue weighted by molar-refractivity contribution is 9.10. The van der Waals surface area contributed by atoms with E-state index >= 15 is 0 Å². The number of benzene rings is 1. The Morgan fingerprint density at radius 2 is 2.27 bits per heavy atom. The van der Waals surface area contributed by atoms with Gasteiger partial charge < -0.3 is 5.11 Å². The van der Waals surface area contributed by atoms with Gasteiger partial charge in [-0.25, -0.2) is 9.37 Å². The summed E-state index contributed by atoms with van der Waals surface area (Å²) in [6, 6.07) is 4.48. The third kappa shape index (κ3) is 2.05. The van der Waals surface area contributed by atoms with Gasteiger partial charge in [-0.05, 0) is 34.1 Å². The molecular formula is C9H7BrFN3O. The Labute approximate surface area is 93.3 Å². The second kappa shape index (κ2) is 4.08. The van der Waals surface area contributed by atoms with E-state index in [1.807, 2.05) is 0 Å². The average molecular weight is 272 g/mol. The summed E-state index contributed by atoms with van der Waals surface area (Å²) in [5.41, 5.74) is 0.680. The minimum Gasteiger partial charge on any atom is -0.388 e. The van der Waals surface area contributed by atoms with E-state index in [1.165, 1.54) is 6.07 Å². The topological polar surface area (TPSA) is 61.8 Å². The summed E-state index contributed by atoms with van der Waals surface area (Å²) < 4.78 is 13.3. The van der Waals surface area contributed by atoms with Crippen LogP contribution in [0.4, 0.5) is 4.39 Å². The summed E-state index contributed by atoms with van der Waals surface area (Å²) in [6.07, 6.45) is 0. The molecular weight excluding hydrogens is 265 g/mol. The molecule has 6 heteroatoms. The number of halogens is 2. The summed E-state index contributed by atoms with van der Waals surface area (Å²) in [7, 11) is 0. The second-order valence-electron chi connectivity index (χ2n) is 2.89. The number of rotatable bonds is 2. The van der Waals surface area contributed by atoms with Gasteiger partial charge in [0.2, 0.25) is 0 Å². The summed E-state index contributed by atoms with van der Waals surface area (Å²) in [5.74, 6) is 0.474. The summed E-state index contributed by atoms with van der Waals surface area (Å²) in [6.45, 7) is -0.199. The first-order valence-electron chi connectivity index (χ1n) is 4.18. The maximum Gasteiger partial charge on any atom is 0.181 e. The molecule has 0 bridgehead atoms. The van der Waals surface area contributed by atoms with Crippen LogP contribution in [0.25, 0.3) is 11.4 Å². The second-order valence-corrected chi connectivity index (χ2v) is 3.75. The normalized spacial score (nSPS) is 10.6. The zero-order chi connectivity index (χ0) is 10.8. The van der Waals surface area contributed by atoms with Crippen molar-refractivity contribution >= 4 is 15.9 Å². The Morgan fingerprint density at radius 3 is 2.87 bits per heavy atom. The molecule has 0 atom stereocenters. The van der Waals surface area contributed by atoms with E-state index in [0.29, 0.717) is 21.7 Å². The largest absolute Gasteiger partial charge is 0.388 e. The van der Waals surface area contributed by atoms with Crippen LogP contribution < -0.4 is 0 Å². The van der Waals surface area contributed by atoms with Gasteiger partial charge in [0.1, 0.15) is 12.4 Å². The standard InChI is InChI=1S/C9H7BrFN3O/c10-6-3-5(1-2-7(6)11)9-12-8(4-15)13-14-9/h1-3,15H,4H2,(H,12,13,14). The molecule has 0 radical (unpaired) electrons. The van der Waals surface area contributed by atoms with Crippen LogP contribution in [0.3, 0.4) is 0 Å². The van der Waals surface area contributed by atoms with Gasteiger partial charge in [0, 0.05) is 5.56 Å². The van der Waals surface area contributed by atoms with Crippen LogP contribution in [0.1, 0.15) is 5.82 Å². The number of hydrogen-bond donors (Lipinski definition) is 2. The molecule has 1 aromatic heterocycles. The molecule has 0 amide bonds. The van der Waals surface area contributed by atoms with E-state index < -0.39 is 0 Å². The third-order valence-corrected chi connectivity index (χ3v) is 2.47. The number of aliphatic hydroxyl groups excluding tert-OH is 1. The first-order valence-corrected chi connectivity index (χ1v) is 4.97. The van der Waals surface area contributed by atoms with Crippen LogP contribution in [0.5, 0.6) is 0 Å². The van der Waals surface area contributed by atoms with Crippen molar-refractivity contribution < 1.29 is 9.50 Å². The van der Waals surface area contributed by atoms with Gasteiger partial charge in [-0.1, -0.05) is 0 Å². The molecule has 0 aliphatic heterocycles. The molecule has 2 rings (SSSR count). The smallest absolute Gasteiger partial charge is 0.181 e. The highest BCUT2D eigenvalue weighted by Gasteiger charge is 2.07. The minimum absolute atomic E-state index is 0.199. The van der Waals surface area contributed by atoms with Gasteiger partial charge in [-0.2, -0.15) is 5.10 Å². The Kier molecular flexibility index (Phi) is 2.79. The van der Waals surface area contributed by atoms with Gasteiger partial charge in [0.25, 0.3) is 0 Å². The molecule has 1 aromatic carbocycles. The molecule has 0 aliphatic rings. The predicted octanol–water partition coefficient (Wildman–Crippen LogP) is 1.87. The van der Waals surface area contributed by atoms with Crippen LogP contribution in [0.2, 0.25) is 0 Å². The molecule has 2 aromatic rings. The van der Waals surface area contributed by atoms with Crippen LogP contribution >= 0.6 is 15.9 Å². The van der Waals surface area contributed by atoms with E-state index in [1.54, 1.807) is 12.1 Å². The molecule has 1 heterocycles. The van der Waals surface area contributed by atoms with E-state index in [0.717, 1.165) is 0 Å². The van der Waals surface area contributed by atoms with Crippen molar-refractivity contribution in [1.82, 2.24) is 15.2 Å². The molecule has 4 nitrogen and oxygen atoms in total. The number of aromatic nitrogens is 3. The molecule has 0 aliphatic carbocycles. The van der Waals surface area contributed by atoms with Crippen LogP contribution in [-0.2, 0) is 6.61 Å². The molecule has 0 unspecified atom stereocenters. The quantitative estimate of drug-likeness (QED) is 0.877. The maximum absolute atomic E-state index is 13.0. The lowest BCUT2D eigenvalue weighted by Gasteiger charge is -1.97. The lowest BCUT2D eigenvalue weighted by molar-refractivity contribution is 0.272. The predicted molar refractivity (Wildman–Crippen MR) is 55.4 cm³/mol. The molecule has 0 fully saturated rings. The van der Waals surface area contributed by atoms with E-state index in [4.69, 9.17) is 5.11 Å². The molecule has 78 valence electrons. The number of aliphatic hydroxyl groups is 1. The molecule has 0 saturated heterocycles. The lowest BCUT2D eigenvalue weighted by Crippen LogP contribution is -1.85. The highest BCUT2D eigenvalue weighted by atomic mass is 79.9. The Hall–Kier alpha value is -1.27. The van der Waals surface area contributed by atoms with Crippen molar-refractivity contribution in [3.05, 3.63) is 34.3 Å². The summed E-state index contributed by atoms with van der Waals surface area (Å²) in [5, 5.41) is 15.3. The van der Waals surface area contributed by atoms with Crippen LogP contribution in [0.15, 0.2) is 22.7 Å². The Bertz CT molecular complexity index is 486. The number of nitrogens with one attached hydrogen (secondary N) is 1. The minimum atomic E-state index is -0.336. The van der Waals surface area contributed by atoms with Crippen molar-refractivity contribution in [2.75, 3.05) is 0 Å². The SMILES string of the molecule is OCc1nc(-c2ccc(F)c(Br)c2)n[nH]1.